The van der Waals surface area contributed by atoms with Crippen LogP contribution in [0, 0.1) is 5.92 Å². The van der Waals surface area contributed by atoms with Crippen molar-refractivity contribution >= 4 is 0 Å². The van der Waals surface area contributed by atoms with Gasteiger partial charge in [0, 0.05) is 6.04 Å². The van der Waals surface area contributed by atoms with E-state index >= 15 is 0 Å². The zero-order chi connectivity index (χ0) is 9.14. The monoisotopic (exact) mass is 171 g/mol. The Morgan fingerprint density at radius 3 is 2.33 bits per heavy atom. The molecule has 1 fully saturated rings. The van der Waals surface area contributed by atoms with E-state index in [1.807, 2.05) is 0 Å². The lowest BCUT2D eigenvalue weighted by atomic mass is 10.1. The van der Waals surface area contributed by atoms with E-state index in [1.54, 1.807) is 0 Å². The average Bonchev–Trinajstić information content (AvgIpc) is 2.36. The summed E-state index contributed by atoms with van der Waals surface area (Å²) >= 11 is 0. The third kappa shape index (κ3) is 2.46. The maximum absolute atomic E-state index is 5.90. The standard InChI is InChI=1S/C10H21NO/c1-7(2)8(3)12-10-6-4-5-9(10)11/h7-10H,4-6,11H2,1-3H3. The Morgan fingerprint density at radius 2 is 1.92 bits per heavy atom. The Balaban J connectivity index is 2.30. The Bertz CT molecular complexity index is 136. The minimum atomic E-state index is 0.284. The first-order valence-corrected chi connectivity index (χ1v) is 5.02. The first-order chi connectivity index (χ1) is 5.61. The predicted molar refractivity (Wildman–Crippen MR) is 51.0 cm³/mol. The van der Waals surface area contributed by atoms with Crippen molar-refractivity contribution in [2.45, 2.75) is 58.3 Å². The summed E-state index contributed by atoms with van der Waals surface area (Å²) < 4.78 is 5.86. The van der Waals surface area contributed by atoms with E-state index in [4.69, 9.17) is 10.5 Å². The maximum atomic E-state index is 5.90. The van der Waals surface area contributed by atoms with Crippen LogP contribution in [0.3, 0.4) is 0 Å². The second-order valence-electron chi connectivity index (χ2n) is 4.22. The highest BCUT2D eigenvalue weighted by atomic mass is 16.5. The quantitative estimate of drug-likeness (QED) is 0.704. The van der Waals surface area contributed by atoms with Crippen LogP contribution in [0.1, 0.15) is 40.0 Å². The van der Waals surface area contributed by atoms with Gasteiger partial charge in [0.15, 0.2) is 0 Å². The number of hydrogen-bond acceptors (Lipinski definition) is 2. The molecule has 0 radical (unpaired) electrons. The Hall–Kier alpha value is -0.0800. The van der Waals surface area contributed by atoms with Gasteiger partial charge in [0.1, 0.15) is 0 Å². The first-order valence-electron chi connectivity index (χ1n) is 5.02. The van der Waals surface area contributed by atoms with E-state index in [1.165, 1.54) is 6.42 Å². The van der Waals surface area contributed by atoms with Crippen molar-refractivity contribution in [1.82, 2.24) is 0 Å². The van der Waals surface area contributed by atoms with Gasteiger partial charge in [-0.15, -0.1) is 0 Å². The lowest BCUT2D eigenvalue weighted by Crippen LogP contribution is -2.35. The normalized spacial score (nSPS) is 32.8. The van der Waals surface area contributed by atoms with E-state index in [9.17, 15) is 0 Å². The minimum absolute atomic E-state index is 0.284. The molecule has 1 saturated carbocycles. The SMILES string of the molecule is CC(C)C(C)OC1CCCC1N. The summed E-state index contributed by atoms with van der Waals surface area (Å²) in [6.45, 7) is 6.51. The van der Waals surface area contributed by atoms with Crippen LogP contribution in [0.4, 0.5) is 0 Å². The van der Waals surface area contributed by atoms with Crippen LogP contribution < -0.4 is 5.73 Å². The molecular weight excluding hydrogens is 150 g/mol. The Kier molecular flexibility index (Phi) is 3.53. The van der Waals surface area contributed by atoms with Crippen LogP contribution in [-0.2, 0) is 4.74 Å². The minimum Gasteiger partial charge on any atom is -0.373 e. The summed E-state index contributed by atoms with van der Waals surface area (Å²) in [5.74, 6) is 0.595. The molecule has 0 aliphatic heterocycles. The van der Waals surface area contributed by atoms with E-state index in [-0.39, 0.29) is 6.04 Å². The highest BCUT2D eigenvalue weighted by molar-refractivity contribution is 4.81. The fourth-order valence-corrected chi connectivity index (χ4v) is 1.56. The molecule has 0 amide bonds. The molecule has 1 aliphatic rings. The molecule has 2 N–H and O–H groups in total. The summed E-state index contributed by atoms with van der Waals surface area (Å²) in [5.41, 5.74) is 5.90. The van der Waals surface area contributed by atoms with E-state index in [2.05, 4.69) is 20.8 Å². The Labute approximate surface area is 75.5 Å². The molecule has 12 heavy (non-hydrogen) atoms. The summed E-state index contributed by atoms with van der Waals surface area (Å²) in [4.78, 5) is 0. The van der Waals surface area contributed by atoms with Crippen LogP contribution in [0.15, 0.2) is 0 Å². The van der Waals surface area contributed by atoms with Gasteiger partial charge >= 0.3 is 0 Å². The van der Waals surface area contributed by atoms with Crippen molar-refractivity contribution in [3.8, 4) is 0 Å². The van der Waals surface area contributed by atoms with E-state index in [0.717, 1.165) is 12.8 Å². The van der Waals surface area contributed by atoms with E-state index < -0.39 is 0 Å². The highest BCUT2D eigenvalue weighted by Gasteiger charge is 2.26. The van der Waals surface area contributed by atoms with Crippen LogP contribution in [0.2, 0.25) is 0 Å². The lowest BCUT2D eigenvalue weighted by Gasteiger charge is -2.24. The molecule has 0 saturated heterocycles. The molecule has 0 aromatic rings. The van der Waals surface area contributed by atoms with Gasteiger partial charge < -0.3 is 10.5 Å². The fraction of sp³-hybridized carbons (Fsp3) is 1.00. The van der Waals surface area contributed by atoms with Crippen molar-refractivity contribution in [3.63, 3.8) is 0 Å². The van der Waals surface area contributed by atoms with Crippen molar-refractivity contribution < 1.29 is 4.74 Å². The molecule has 1 rings (SSSR count). The fourth-order valence-electron chi connectivity index (χ4n) is 1.56. The van der Waals surface area contributed by atoms with Crippen molar-refractivity contribution in [2.24, 2.45) is 11.7 Å². The predicted octanol–water partition coefficient (Wildman–Crippen LogP) is 1.93. The van der Waals surface area contributed by atoms with Crippen LogP contribution in [0.5, 0.6) is 0 Å². The second kappa shape index (κ2) is 4.24. The van der Waals surface area contributed by atoms with Gasteiger partial charge in [-0.3, -0.25) is 0 Å². The van der Waals surface area contributed by atoms with Gasteiger partial charge in [-0.1, -0.05) is 13.8 Å². The van der Waals surface area contributed by atoms with Gasteiger partial charge in [0.05, 0.1) is 12.2 Å². The molecule has 3 atom stereocenters. The van der Waals surface area contributed by atoms with Crippen LogP contribution in [-0.4, -0.2) is 18.2 Å². The molecule has 2 nitrogen and oxygen atoms in total. The number of ether oxygens (including phenoxy) is 1. The van der Waals surface area contributed by atoms with Crippen molar-refractivity contribution in [3.05, 3.63) is 0 Å². The average molecular weight is 171 g/mol. The third-order valence-corrected chi connectivity index (χ3v) is 2.83. The zero-order valence-electron chi connectivity index (χ0n) is 8.42. The topological polar surface area (TPSA) is 35.2 Å². The smallest absolute Gasteiger partial charge is 0.0729 e. The Morgan fingerprint density at radius 1 is 1.25 bits per heavy atom. The molecule has 0 heterocycles. The van der Waals surface area contributed by atoms with Crippen molar-refractivity contribution in [1.29, 1.82) is 0 Å². The summed E-state index contributed by atoms with van der Waals surface area (Å²) in [5, 5.41) is 0. The molecule has 0 aromatic heterocycles. The number of nitrogens with two attached hydrogens (primary N) is 1. The molecular formula is C10H21NO. The molecule has 2 heteroatoms. The number of rotatable bonds is 3. The first kappa shape index (κ1) is 10.0. The molecule has 0 aromatic carbocycles. The molecule has 3 unspecified atom stereocenters. The van der Waals surface area contributed by atoms with Gasteiger partial charge in [-0.05, 0) is 32.1 Å². The van der Waals surface area contributed by atoms with Crippen LogP contribution >= 0.6 is 0 Å². The van der Waals surface area contributed by atoms with Gasteiger partial charge in [0.2, 0.25) is 0 Å². The van der Waals surface area contributed by atoms with E-state index in [0.29, 0.717) is 18.1 Å². The number of hydrogen-bond donors (Lipinski definition) is 1. The van der Waals surface area contributed by atoms with Gasteiger partial charge in [0.25, 0.3) is 0 Å². The van der Waals surface area contributed by atoms with Gasteiger partial charge in [-0.2, -0.15) is 0 Å². The van der Waals surface area contributed by atoms with Gasteiger partial charge in [-0.25, -0.2) is 0 Å². The third-order valence-electron chi connectivity index (χ3n) is 2.83. The zero-order valence-corrected chi connectivity index (χ0v) is 8.42. The maximum Gasteiger partial charge on any atom is 0.0729 e. The van der Waals surface area contributed by atoms with Crippen molar-refractivity contribution in [2.75, 3.05) is 0 Å². The lowest BCUT2D eigenvalue weighted by molar-refractivity contribution is -0.0280. The molecule has 0 bridgehead atoms. The van der Waals surface area contributed by atoms with Crippen LogP contribution in [0.25, 0.3) is 0 Å². The highest BCUT2D eigenvalue weighted by Crippen LogP contribution is 2.23. The summed E-state index contributed by atoms with van der Waals surface area (Å²) in [7, 11) is 0. The molecule has 72 valence electrons. The largest absolute Gasteiger partial charge is 0.373 e. The molecule has 0 spiro atoms. The summed E-state index contributed by atoms with van der Waals surface area (Å²) in [6.07, 6.45) is 4.19. The molecule has 1 aliphatic carbocycles. The second-order valence-corrected chi connectivity index (χ2v) is 4.22. The summed E-state index contributed by atoms with van der Waals surface area (Å²) in [6, 6.07) is 0.284.